The van der Waals surface area contributed by atoms with E-state index in [4.69, 9.17) is 9.47 Å². The van der Waals surface area contributed by atoms with E-state index in [9.17, 15) is 0 Å². The van der Waals surface area contributed by atoms with Gasteiger partial charge in [-0.25, -0.2) is 0 Å². The van der Waals surface area contributed by atoms with E-state index in [0.29, 0.717) is 12.8 Å². The Morgan fingerprint density at radius 1 is 1.44 bits per heavy atom. The van der Waals surface area contributed by atoms with Gasteiger partial charge in [0.2, 0.25) is 0 Å². The molecule has 0 saturated carbocycles. The Bertz CT molecular complexity index is 336. The van der Waals surface area contributed by atoms with Crippen LogP contribution in [0.1, 0.15) is 12.5 Å². The van der Waals surface area contributed by atoms with Crippen molar-refractivity contribution in [3.8, 4) is 0 Å². The van der Waals surface area contributed by atoms with Gasteiger partial charge >= 0.3 is 0 Å². The number of para-hydroxylation sites is 1. The molecule has 0 aromatic heterocycles. The lowest BCUT2D eigenvalue weighted by molar-refractivity contribution is 0.146. The normalized spacial score (nSPS) is 18.5. The summed E-state index contributed by atoms with van der Waals surface area (Å²) in [6, 6.07) is 8.39. The molecule has 0 N–H and O–H groups in total. The van der Waals surface area contributed by atoms with Crippen LogP contribution in [0, 0.1) is 6.92 Å². The van der Waals surface area contributed by atoms with Crippen molar-refractivity contribution in [2.75, 3.05) is 31.4 Å². The van der Waals surface area contributed by atoms with E-state index in [1.54, 1.807) is 0 Å². The molecule has 0 amide bonds. The van der Waals surface area contributed by atoms with Crippen molar-refractivity contribution >= 4 is 5.69 Å². The quantitative estimate of drug-likeness (QED) is 0.544. The van der Waals surface area contributed by atoms with Gasteiger partial charge in [-0.05, 0) is 25.5 Å². The van der Waals surface area contributed by atoms with Crippen LogP contribution in [-0.4, -0.2) is 32.6 Å². The summed E-state index contributed by atoms with van der Waals surface area (Å²) in [6.07, 6.45) is 0.389. The predicted octanol–water partition coefficient (Wildman–Crippen LogP) is 2.19. The zero-order valence-corrected chi connectivity index (χ0v) is 9.98. The summed E-state index contributed by atoms with van der Waals surface area (Å²) >= 11 is 0. The molecule has 1 unspecified atom stereocenters. The highest BCUT2D eigenvalue weighted by molar-refractivity contribution is 5.52. The molecular weight excluding hydrogens is 202 g/mol. The fourth-order valence-electron chi connectivity index (χ4n) is 1.76. The van der Waals surface area contributed by atoms with Gasteiger partial charge in [0.1, 0.15) is 6.73 Å². The highest BCUT2D eigenvalue weighted by Gasteiger charge is 2.26. The van der Waals surface area contributed by atoms with Gasteiger partial charge in [0.25, 0.3) is 0 Å². The SMILES string of the molecule is CCOCN(CC1CO1)c1ccccc1C. The van der Waals surface area contributed by atoms with Gasteiger partial charge in [0.05, 0.1) is 12.7 Å². The molecule has 3 heteroatoms. The number of hydrogen-bond acceptors (Lipinski definition) is 3. The number of nitrogens with zero attached hydrogens (tertiary/aromatic N) is 1. The van der Waals surface area contributed by atoms with Crippen LogP contribution in [-0.2, 0) is 9.47 Å². The highest BCUT2D eigenvalue weighted by atomic mass is 16.6. The standard InChI is InChI=1S/C13H19NO2/c1-3-15-10-14(8-12-9-16-12)13-7-5-4-6-11(13)2/h4-7,12H,3,8-10H2,1-2H3. The first-order valence-electron chi connectivity index (χ1n) is 5.81. The number of ether oxygens (including phenoxy) is 2. The lowest BCUT2D eigenvalue weighted by Crippen LogP contribution is -2.30. The van der Waals surface area contributed by atoms with Gasteiger partial charge in [0.15, 0.2) is 0 Å². The van der Waals surface area contributed by atoms with E-state index in [1.807, 2.05) is 6.92 Å². The van der Waals surface area contributed by atoms with E-state index in [0.717, 1.165) is 19.8 Å². The Labute approximate surface area is 97.0 Å². The zero-order chi connectivity index (χ0) is 11.4. The fraction of sp³-hybridized carbons (Fsp3) is 0.538. The monoisotopic (exact) mass is 221 g/mol. The van der Waals surface area contributed by atoms with Crippen molar-refractivity contribution in [3.63, 3.8) is 0 Å². The van der Waals surface area contributed by atoms with Gasteiger partial charge < -0.3 is 14.4 Å². The third-order valence-electron chi connectivity index (χ3n) is 2.73. The molecule has 1 aliphatic heterocycles. The summed E-state index contributed by atoms with van der Waals surface area (Å²) in [4.78, 5) is 2.25. The van der Waals surface area contributed by atoms with E-state index in [-0.39, 0.29) is 0 Å². The summed E-state index contributed by atoms with van der Waals surface area (Å²) in [5.41, 5.74) is 2.52. The Morgan fingerprint density at radius 2 is 2.19 bits per heavy atom. The zero-order valence-electron chi connectivity index (χ0n) is 9.98. The maximum atomic E-state index is 5.50. The maximum absolute atomic E-state index is 5.50. The summed E-state index contributed by atoms with van der Waals surface area (Å²) in [5.74, 6) is 0. The summed E-state index contributed by atoms with van der Waals surface area (Å²) < 4.78 is 10.8. The Balaban J connectivity index is 2.06. The van der Waals surface area contributed by atoms with Gasteiger partial charge in [-0.2, -0.15) is 0 Å². The molecule has 3 nitrogen and oxygen atoms in total. The number of benzene rings is 1. The molecule has 1 aromatic carbocycles. The van der Waals surface area contributed by atoms with Crippen molar-refractivity contribution in [2.45, 2.75) is 20.0 Å². The Hall–Kier alpha value is -1.06. The van der Waals surface area contributed by atoms with Gasteiger partial charge in [-0.1, -0.05) is 18.2 Å². The second-order valence-electron chi connectivity index (χ2n) is 4.09. The van der Waals surface area contributed by atoms with Crippen LogP contribution in [0.4, 0.5) is 5.69 Å². The van der Waals surface area contributed by atoms with Gasteiger partial charge in [-0.15, -0.1) is 0 Å². The van der Waals surface area contributed by atoms with Crippen LogP contribution in [0.3, 0.4) is 0 Å². The van der Waals surface area contributed by atoms with Crippen molar-refractivity contribution in [1.82, 2.24) is 0 Å². The third kappa shape index (κ3) is 2.97. The number of hydrogen-bond donors (Lipinski definition) is 0. The average molecular weight is 221 g/mol. The Morgan fingerprint density at radius 3 is 2.81 bits per heavy atom. The van der Waals surface area contributed by atoms with Crippen molar-refractivity contribution in [2.24, 2.45) is 0 Å². The van der Waals surface area contributed by atoms with E-state index in [1.165, 1.54) is 11.3 Å². The number of aryl methyl sites for hydroxylation is 1. The minimum absolute atomic E-state index is 0.389. The molecular formula is C13H19NO2. The minimum Gasteiger partial charge on any atom is -0.371 e. The molecule has 1 atom stereocenters. The molecule has 1 aromatic rings. The van der Waals surface area contributed by atoms with E-state index < -0.39 is 0 Å². The van der Waals surface area contributed by atoms with Crippen molar-refractivity contribution < 1.29 is 9.47 Å². The number of anilines is 1. The molecule has 2 rings (SSSR count). The molecule has 0 spiro atoms. The smallest absolute Gasteiger partial charge is 0.119 e. The first-order chi connectivity index (χ1) is 7.81. The van der Waals surface area contributed by atoms with E-state index >= 15 is 0 Å². The molecule has 88 valence electrons. The van der Waals surface area contributed by atoms with Crippen molar-refractivity contribution in [3.05, 3.63) is 29.8 Å². The molecule has 0 radical (unpaired) electrons. The first-order valence-corrected chi connectivity index (χ1v) is 5.81. The van der Waals surface area contributed by atoms with Crippen LogP contribution in [0.2, 0.25) is 0 Å². The molecule has 0 bridgehead atoms. The summed E-state index contributed by atoms with van der Waals surface area (Å²) in [6.45, 7) is 7.33. The first kappa shape index (κ1) is 11.4. The molecule has 1 heterocycles. The molecule has 0 aliphatic carbocycles. The van der Waals surface area contributed by atoms with Crippen LogP contribution < -0.4 is 4.90 Å². The Kier molecular flexibility index (Phi) is 3.80. The van der Waals surface area contributed by atoms with Crippen LogP contribution in [0.15, 0.2) is 24.3 Å². The molecule has 1 aliphatic rings. The lowest BCUT2D eigenvalue weighted by Gasteiger charge is -2.25. The topological polar surface area (TPSA) is 25.0 Å². The molecule has 16 heavy (non-hydrogen) atoms. The van der Waals surface area contributed by atoms with E-state index in [2.05, 4.69) is 36.1 Å². The van der Waals surface area contributed by atoms with Crippen LogP contribution in [0.25, 0.3) is 0 Å². The number of epoxide rings is 1. The minimum atomic E-state index is 0.389. The van der Waals surface area contributed by atoms with Crippen LogP contribution in [0.5, 0.6) is 0 Å². The highest BCUT2D eigenvalue weighted by Crippen LogP contribution is 2.22. The van der Waals surface area contributed by atoms with Crippen molar-refractivity contribution in [1.29, 1.82) is 0 Å². The lowest BCUT2D eigenvalue weighted by atomic mass is 10.2. The largest absolute Gasteiger partial charge is 0.371 e. The van der Waals surface area contributed by atoms with Gasteiger partial charge in [-0.3, -0.25) is 0 Å². The summed E-state index contributed by atoms with van der Waals surface area (Å²) in [7, 11) is 0. The number of rotatable bonds is 6. The third-order valence-corrected chi connectivity index (χ3v) is 2.73. The molecule has 1 saturated heterocycles. The van der Waals surface area contributed by atoms with Crippen LogP contribution >= 0.6 is 0 Å². The molecule has 1 fully saturated rings. The fourth-order valence-corrected chi connectivity index (χ4v) is 1.76. The van der Waals surface area contributed by atoms with Gasteiger partial charge in [0, 0.05) is 18.8 Å². The summed E-state index contributed by atoms with van der Waals surface area (Å²) in [5, 5.41) is 0. The second kappa shape index (κ2) is 5.32. The predicted molar refractivity (Wildman–Crippen MR) is 64.8 cm³/mol. The maximum Gasteiger partial charge on any atom is 0.119 e. The second-order valence-corrected chi connectivity index (χ2v) is 4.09. The average Bonchev–Trinajstić information content (AvgIpc) is 3.09.